The summed E-state index contributed by atoms with van der Waals surface area (Å²) in [5.41, 5.74) is 1.64. The highest BCUT2D eigenvalue weighted by molar-refractivity contribution is 5.97. The molecule has 2 heterocycles. The first-order valence-electron chi connectivity index (χ1n) is 8.01. The number of nitrogens with zero attached hydrogens (tertiary/aromatic N) is 3. The van der Waals surface area contributed by atoms with E-state index in [1.807, 2.05) is 6.07 Å². The van der Waals surface area contributed by atoms with Gasteiger partial charge in [-0.3, -0.25) is 14.6 Å². The van der Waals surface area contributed by atoms with Crippen molar-refractivity contribution in [3.63, 3.8) is 0 Å². The molecule has 2 N–H and O–H groups in total. The second kappa shape index (κ2) is 8.02. The van der Waals surface area contributed by atoms with E-state index >= 15 is 0 Å². The van der Waals surface area contributed by atoms with Crippen molar-refractivity contribution in [1.29, 1.82) is 0 Å². The van der Waals surface area contributed by atoms with Gasteiger partial charge in [0, 0.05) is 37.3 Å². The summed E-state index contributed by atoms with van der Waals surface area (Å²) in [6.07, 6.45) is 2.13. The highest BCUT2D eigenvalue weighted by Crippen LogP contribution is 2.14. The fourth-order valence-electron chi connectivity index (χ4n) is 2.28. The molecule has 0 fully saturated rings. The monoisotopic (exact) mass is 351 g/mol. The van der Waals surface area contributed by atoms with Crippen LogP contribution in [0.4, 0.5) is 5.69 Å². The average molecular weight is 351 g/mol. The summed E-state index contributed by atoms with van der Waals surface area (Å²) >= 11 is 0. The number of rotatable bonds is 6. The minimum Gasteiger partial charge on any atom is -0.355 e. The summed E-state index contributed by atoms with van der Waals surface area (Å²) in [6, 6.07) is 12.1. The quantitative estimate of drug-likeness (QED) is 0.703. The number of nitrogens with one attached hydrogen (secondary N) is 2. The highest BCUT2D eigenvalue weighted by Gasteiger charge is 2.12. The van der Waals surface area contributed by atoms with Crippen LogP contribution in [-0.2, 0) is 11.2 Å². The van der Waals surface area contributed by atoms with Crippen LogP contribution in [-0.4, -0.2) is 34.0 Å². The Labute approximate surface area is 149 Å². The summed E-state index contributed by atoms with van der Waals surface area (Å²) in [7, 11) is 1.55. The Morgan fingerprint density at radius 3 is 2.81 bits per heavy atom. The first-order chi connectivity index (χ1) is 12.7. The van der Waals surface area contributed by atoms with E-state index in [0.717, 1.165) is 0 Å². The van der Waals surface area contributed by atoms with Crippen LogP contribution in [0.1, 0.15) is 22.7 Å². The number of aryl methyl sites for hydroxylation is 1. The maximum Gasteiger partial charge on any atom is 0.251 e. The summed E-state index contributed by atoms with van der Waals surface area (Å²) in [5, 5.41) is 9.15. The first-order valence-corrected chi connectivity index (χ1v) is 8.01. The molecule has 2 amide bonds. The molecule has 8 heteroatoms. The van der Waals surface area contributed by atoms with E-state index in [4.69, 9.17) is 4.52 Å². The van der Waals surface area contributed by atoms with Gasteiger partial charge in [-0.1, -0.05) is 17.3 Å². The van der Waals surface area contributed by atoms with Crippen LogP contribution in [0.3, 0.4) is 0 Å². The first kappa shape index (κ1) is 17.3. The van der Waals surface area contributed by atoms with Crippen molar-refractivity contribution in [2.45, 2.75) is 12.8 Å². The van der Waals surface area contributed by atoms with E-state index in [0.29, 0.717) is 35.1 Å². The summed E-state index contributed by atoms with van der Waals surface area (Å²) < 4.78 is 5.15. The standard InChI is InChI=1S/C18H17N5O3/c1-19-18(25)12-5-4-6-13(11-12)21-15(24)8-9-16-22-17(23-26-16)14-7-2-3-10-20-14/h2-7,10-11H,8-9H2,1H3,(H,19,25)(H,21,24). The van der Waals surface area contributed by atoms with Gasteiger partial charge in [-0.15, -0.1) is 0 Å². The van der Waals surface area contributed by atoms with Crippen LogP contribution < -0.4 is 10.6 Å². The van der Waals surface area contributed by atoms with Crippen LogP contribution >= 0.6 is 0 Å². The molecule has 0 radical (unpaired) electrons. The van der Waals surface area contributed by atoms with Gasteiger partial charge in [0.1, 0.15) is 5.69 Å². The Hall–Kier alpha value is -3.55. The number of carbonyl (C=O) groups is 2. The Balaban J connectivity index is 1.56. The van der Waals surface area contributed by atoms with Gasteiger partial charge in [0.05, 0.1) is 0 Å². The van der Waals surface area contributed by atoms with Crippen molar-refractivity contribution < 1.29 is 14.1 Å². The maximum absolute atomic E-state index is 12.1. The zero-order chi connectivity index (χ0) is 18.4. The Bertz CT molecular complexity index is 908. The van der Waals surface area contributed by atoms with Gasteiger partial charge in [-0.25, -0.2) is 0 Å². The number of carbonyl (C=O) groups excluding carboxylic acids is 2. The van der Waals surface area contributed by atoms with Crippen LogP contribution in [0.2, 0.25) is 0 Å². The number of aromatic nitrogens is 3. The van der Waals surface area contributed by atoms with Gasteiger partial charge in [0.2, 0.25) is 17.6 Å². The molecule has 0 aliphatic carbocycles. The second-order valence-electron chi connectivity index (χ2n) is 5.43. The Kier molecular flexibility index (Phi) is 5.33. The van der Waals surface area contributed by atoms with E-state index in [-0.39, 0.29) is 18.2 Å². The van der Waals surface area contributed by atoms with Crippen molar-refractivity contribution in [3.05, 3.63) is 60.1 Å². The smallest absolute Gasteiger partial charge is 0.251 e. The summed E-state index contributed by atoms with van der Waals surface area (Å²) in [4.78, 5) is 32.1. The molecule has 0 aliphatic heterocycles. The molecule has 0 spiro atoms. The normalized spacial score (nSPS) is 10.3. The molecule has 3 aromatic rings. The minimum atomic E-state index is -0.214. The van der Waals surface area contributed by atoms with E-state index in [2.05, 4.69) is 25.8 Å². The van der Waals surface area contributed by atoms with Gasteiger partial charge in [0.15, 0.2) is 0 Å². The molecule has 26 heavy (non-hydrogen) atoms. The molecular formula is C18H17N5O3. The van der Waals surface area contributed by atoms with Crippen LogP contribution in [0.25, 0.3) is 11.5 Å². The van der Waals surface area contributed by atoms with Gasteiger partial charge in [-0.2, -0.15) is 4.98 Å². The van der Waals surface area contributed by atoms with Crippen molar-refractivity contribution >= 4 is 17.5 Å². The van der Waals surface area contributed by atoms with Gasteiger partial charge >= 0.3 is 0 Å². The minimum absolute atomic E-state index is 0.175. The van der Waals surface area contributed by atoms with Crippen molar-refractivity contribution in [2.75, 3.05) is 12.4 Å². The molecule has 3 rings (SSSR count). The fourth-order valence-corrected chi connectivity index (χ4v) is 2.28. The molecule has 0 atom stereocenters. The van der Waals surface area contributed by atoms with E-state index in [1.165, 1.54) is 0 Å². The lowest BCUT2D eigenvalue weighted by atomic mass is 10.2. The number of anilines is 1. The Morgan fingerprint density at radius 2 is 2.04 bits per heavy atom. The molecule has 0 saturated carbocycles. The highest BCUT2D eigenvalue weighted by atomic mass is 16.5. The van der Waals surface area contributed by atoms with Crippen molar-refractivity contribution in [1.82, 2.24) is 20.4 Å². The molecule has 0 aliphatic rings. The molecule has 0 unspecified atom stereocenters. The molecule has 0 saturated heterocycles. The predicted molar refractivity (Wildman–Crippen MR) is 94.3 cm³/mol. The molecular weight excluding hydrogens is 334 g/mol. The van der Waals surface area contributed by atoms with E-state index in [1.54, 1.807) is 49.6 Å². The van der Waals surface area contributed by atoms with E-state index in [9.17, 15) is 9.59 Å². The predicted octanol–water partition coefficient (Wildman–Crippen LogP) is 2.06. The molecule has 132 valence electrons. The summed E-state index contributed by atoms with van der Waals surface area (Å²) in [5.74, 6) is 0.324. The lowest BCUT2D eigenvalue weighted by Gasteiger charge is -2.06. The Morgan fingerprint density at radius 1 is 1.15 bits per heavy atom. The number of benzene rings is 1. The molecule has 0 bridgehead atoms. The van der Waals surface area contributed by atoms with Crippen molar-refractivity contribution in [3.8, 4) is 11.5 Å². The van der Waals surface area contributed by atoms with Gasteiger partial charge < -0.3 is 15.2 Å². The van der Waals surface area contributed by atoms with Crippen molar-refractivity contribution in [2.24, 2.45) is 0 Å². The zero-order valence-electron chi connectivity index (χ0n) is 14.1. The maximum atomic E-state index is 12.1. The van der Waals surface area contributed by atoms with Crippen LogP contribution in [0.15, 0.2) is 53.2 Å². The molecule has 8 nitrogen and oxygen atoms in total. The van der Waals surface area contributed by atoms with Gasteiger partial charge in [0.25, 0.3) is 5.91 Å². The molecule has 2 aromatic heterocycles. The lowest BCUT2D eigenvalue weighted by Crippen LogP contribution is -2.18. The molecule has 1 aromatic carbocycles. The zero-order valence-corrected chi connectivity index (χ0v) is 14.1. The second-order valence-corrected chi connectivity index (χ2v) is 5.43. The van der Waals surface area contributed by atoms with Crippen LogP contribution in [0, 0.1) is 0 Å². The number of amides is 2. The average Bonchev–Trinajstić information content (AvgIpc) is 3.16. The van der Waals surface area contributed by atoms with Gasteiger partial charge in [-0.05, 0) is 30.3 Å². The summed E-state index contributed by atoms with van der Waals surface area (Å²) in [6.45, 7) is 0. The van der Waals surface area contributed by atoms with Crippen LogP contribution in [0.5, 0.6) is 0 Å². The lowest BCUT2D eigenvalue weighted by molar-refractivity contribution is -0.116. The number of hydrogen-bond donors (Lipinski definition) is 2. The largest absolute Gasteiger partial charge is 0.355 e. The SMILES string of the molecule is CNC(=O)c1cccc(NC(=O)CCc2nc(-c3ccccn3)no2)c1. The van der Waals surface area contributed by atoms with E-state index < -0.39 is 0 Å². The third-order valence-corrected chi connectivity index (χ3v) is 3.56. The third kappa shape index (κ3) is 4.29. The topological polar surface area (TPSA) is 110 Å². The number of pyridine rings is 1. The third-order valence-electron chi connectivity index (χ3n) is 3.56. The fraction of sp³-hybridized carbons (Fsp3) is 0.167. The number of hydrogen-bond acceptors (Lipinski definition) is 6.